The van der Waals surface area contributed by atoms with Gasteiger partial charge in [0.15, 0.2) is 0 Å². The first-order chi connectivity index (χ1) is 9.67. The van der Waals surface area contributed by atoms with E-state index in [9.17, 15) is 0 Å². The number of hydrogen-bond acceptors (Lipinski definition) is 3. The first kappa shape index (κ1) is 13.9. The van der Waals surface area contributed by atoms with Crippen LogP contribution in [0.25, 0.3) is 0 Å². The fourth-order valence-corrected chi connectivity index (χ4v) is 3.81. The molecule has 3 nitrogen and oxygen atoms in total. The van der Waals surface area contributed by atoms with Gasteiger partial charge in [-0.3, -0.25) is 4.90 Å². The summed E-state index contributed by atoms with van der Waals surface area (Å²) in [7, 11) is 4.01. The lowest BCUT2D eigenvalue weighted by Gasteiger charge is -2.39. The van der Waals surface area contributed by atoms with Crippen molar-refractivity contribution in [3.8, 4) is 5.75 Å². The summed E-state index contributed by atoms with van der Waals surface area (Å²) in [6.45, 7) is 2.30. The Morgan fingerprint density at radius 2 is 1.95 bits per heavy atom. The predicted molar refractivity (Wildman–Crippen MR) is 82.1 cm³/mol. The Hall–Kier alpha value is -1.06. The van der Waals surface area contributed by atoms with Crippen LogP contribution in [-0.4, -0.2) is 37.2 Å². The number of rotatable bonds is 4. The Morgan fingerprint density at radius 3 is 2.60 bits per heavy atom. The zero-order valence-corrected chi connectivity index (χ0v) is 12.8. The Balaban J connectivity index is 1.70. The highest BCUT2D eigenvalue weighted by atomic mass is 16.5. The molecule has 2 fully saturated rings. The minimum atomic E-state index is 0.438. The van der Waals surface area contributed by atoms with Crippen LogP contribution in [0.1, 0.15) is 44.2 Å². The van der Waals surface area contributed by atoms with E-state index in [-0.39, 0.29) is 0 Å². The van der Waals surface area contributed by atoms with E-state index >= 15 is 0 Å². The van der Waals surface area contributed by atoms with E-state index in [0.717, 1.165) is 17.8 Å². The molecular formula is C17H26N2O. The van der Waals surface area contributed by atoms with Gasteiger partial charge in [-0.1, -0.05) is 12.1 Å². The average molecular weight is 274 g/mol. The first-order valence-electron chi connectivity index (χ1n) is 7.79. The van der Waals surface area contributed by atoms with Crippen molar-refractivity contribution in [1.82, 2.24) is 10.2 Å². The number of nitrogens with one attached hydrogen (secondary N) is 1. The molecule has 2 heterocycles. The van der Waals surface area contributed by atoms with Gasteiger partial charge in [-0.05, 0) is 57.4 Å². The van der Waals surface area contributed by atoms with E-state index in [2.05, 4.69) is 42.4 Å². The fraction of sp³-hybridized carbons (Fsp3) is 0.647. The molecular weight excluding hydrogens is 248 g/mol. The number of benzene rings is 1. The fourth-order valence-electron chi connectivity index (χ4n) is 3.81. The third-order valence-electron chi connectivity index (χ3n) is 5.21. The molecule has 2 saturated heterocycles. The second-order valence-corrected chi connectivity index (χ2v) is 6.38. The van der Waals surface area contributed by atoms with E-state index in [1.165, 1.54) is 31.2 Å². The molecule has 0 amide bonds. The molecule has 20 heavy (non-hydrogen) atoms. The van der Waals surface area contributed by atoms with Crippen molar-refractivity contribution in [1.29, 1.82) is 0 Å². The van der Waals surface area contributed by atoms with Crippen LogP contribution >= 0.6 is 0 Å². The maximum Gasteiger partial charge on any atom is 0.119 e. The van der Waals surface area contributed by atoms with Crippen LogP contribution in [0.15, 0.2) is 24.3 Å². The van der Waals surface area contributed by atoms with Crippen LogP contribution < -0.4 is 10.1 Å². The number of piperidine rings is 1. The molecule has 1 aromatic carbocycles. The van der Waals surface area contributed by atoms with Crippen LogP contribution in [0, 0.1) is 0 Å². The van der Waals surface area contributed by atoms with Crippen molar-refractivity contribution < 1.29 is 4.74 Å². The van der Waals surface area contributed by atoms with E-state index in [1.54, 1.807) is 7.11 Å². The van der Waals surface area contributed by atoms with Gasteiger partial charge in [0, 0.05) is 24.2 Å². The molecule has 3 unspecified atom stereocenters. The SMILES string of the molecule is COc1cccc(C(C)N(C)C2CC3CCC(C2)N3)c1. The molecule has 3 heteroatoms. The van der Waals surface area contributed by atoms with E-state index in [4.69, 9.17) is 4.74 Å². The molecule has 0 radical (unpaired) electrons. The van der Waals surface area contributed by atoms with Crippen LogP contribution in [0.4, 0.5) is 0 Å². The van der Waals surface area contributed by atoms with Crippen molar-refractivity contribution in [2.24, 2.45) is 0 Å². The average Bonchev–Trinajstić information content (AvgIpc) is 2.84. The minimum Gasteiger partial charge on any atom is -0.497 e. The molecule has 0 aromatic heterocycles. The molecule has 3 atom stereocenters. The minimum absolute atomic E-state index is 0.438. The molecule has 0 aliphatic carbocycles. The maximum absolute atomic E-state index is 5.35. The highest BCUT2D eigenvalue weighted by molar-refractivity contribution is 5.30. The third-order valence-corrected chi connectivity index (χ3v) is 5.21. The van der Waals surface area contributed by atoms with Gasteiger partial charge in [0.25, 0.3) is 0 Å². The van der Waals surface area contributed by atoms with Gasteiger partial charge in [0.1, 0.15) is 5.75 Å². The smallest absolute Gasteiger partial charge is 0.119 e. The number of ether oxygens (including phenoxy) is 1. The lowest BCUT2D eigenvalue weighted by molar-refractivity contribution is 0.132. The topological polar surface area (TPSA) is 24.5 Å². The van der Waals surface area contributed by atoms with E-state index < -0.39 is 0 Å². The summed E-state index contributed by atoms with van der Waals surface area (Å²) in [5.74, 6) is 0.952. The largest absolute Gasteiger partial charge is 0.497 e. The van der Waals surface area contributed by atoms with Gasteiger partial charge in [-0.15, -0.1) is 0 Å². The van der Waals surface area contributed by atoms with Gasteiger partial charge < -0.3 is 10.1 Å². The summed E-state index contributed by atoms with van der Waals surface area (Å²) in [5.41, 5.74) is 1.35. The maximum atomic E-state index is 5.35. The highest BCUT2D eigenvalue weighted by Gasteiger charge is 2.36. The van der Waals surface area contributed by atoms with E-state index in [1.807, 2.05) is 6.07 Å². The standard InChI is InChI=1S/C17H26N2O/c1-12(13-5-4-6-17(9-13)20-3)19(2)16-10-14-7-8-15(11-16)18-14/h4-6,9,12,14-16,18H,7-8,10-11H2,1-3H3. The zero-order valence-electron chi connectivity index (χ0n) is 12.8. The second-order valence-electron chi connectivity index (χ2n) is 6.38. The van der Waals surface area contributed by atoms with Gasteiger partial charge in [-0.2, -0.15) is 0 Å². The van der Waals surface area contributed by atoms with Crippen LogP contribution in [0.2, 0.25) is 0 Å². The molecule has 0 saturated carbocycles. The number of methoxy groups -OCH3 is 1. The van der Waals surface area contributed by atoms with Crippen LogP contribution in [0.3, 0.4) is 0 Å². The number of fused-ring (bicyclic) bond motifs is 2. The van der Waals surface area contributed by atoms with E-state index in [0.29, 0.717) is 12.1 Å². The zero-order chi connectivity index (χ0) is 14.1. The summed E-state index contributed by atoms with van der Waals surface area (Å²) in [6, 6.07) is 11.1. The Bertz CT molecular complexity index is 450. The summed E-state index contributed by atoms with van der Waals surface area (Å²) in [6.07, 6.45) is 5.31. The van der Waals surface area contributed by atoms with Crippen molar-refractivity contribution in [2.45, 2.75) is 56.8 Å². The van der Waals surface area contributed by atoms with Gasteiger partial charge in [-0.25, -0.2) is 0 Å². The molecule has 3 rings (SSSR count). The summed E-state index contributed by atoms with van der Waals surface area (Å²) >= 11 is 0. The summed E-state index contributed by atoms with van der Waals surface area (Å²) in [4.78, 5) is 2.56. The summed E-state index contributed by atoms with van der Waals surface area (Å²) < 4.78 is 5.35. The van der Waals surface area contributed by atoms with Crippen molar-refractivity contribution in [3.63, 3.8) is 0 Å². The van der Waals surface area contributed by atoms with Crippen LogP contribution in [-0.2, 0) is 0 Å². The number of hydrogen-bond donors (Lipinski definition) is 1. The van der Waals surface area contributed by atoms with Gasteiger partial charge in [0.05, 0.1) is 7.11 Å². The Kier molecular flexibility index (Phi) is 3.99. The lowest BCUT2D eigenvalue weighted by Crippen LogP contribution is -2.47. The van der Waals surface area contributed by atoms with Gasteiger partial charge in [0.2, 0.25) is 0 Å². The second kappa shape index (κ2) is 5.74. The van der Waals surface area contributed by atoms with Crippen LogP contribution in [0.5, 0.6) is 5.75 Å². The van der Waals surface area contributed by atoms with Gasteiger partial charge >= 0.3 is 0 Å². The van der Waals surface area contributed by atoms with Crippen molar-refractivity contribution in [2.75, 3.05) is 14.2 Å². The quantitative estimate of drug-likeness (QED) is 0.913. The summed E-state index contributed by atoms with van der Waals surface area (Å²) in [5, 5.41) is 3.73. The molecule has 110 valence electrons. The molecule has 2 aliphatic rings. The Morgan fingerprint density at radius 1 is 1.25 bits per heavy atom. The van der Waals surface area contributed by atoms with Crippen molar-refractivity contribution in [3.05, 3.63) is 29.8 Å². The van der Waals surface area contributed by atoms with Crippen molar-refractivity contribution >= 4 is 0 Å². The normalized spacial score (nSPS) is 30.5. The molecule has 2 bridgehead atoms. The number of nitrogens with zero attached hydrogens (tertiary/aromatic N) is 1. The predicted octanol–water partition coefficient (Wildman–Crippen LogP) is 2.97. The third kappa shape index (κ3) is 2.70. The lowest BCUT2D eigenvalue weighted by atomic mass is 9.96. The molecule has 1 aromatic rings. The highest BCUT2D eigenvalue weighted by Crippen LogP contribution is 2.33. The molecule has 0 spiro atoms. The Labute approximate surface area is 122 Å². The molecule has 2 aliphatic heterocycles. The monoisotopic (exact) mass is 274 g/mol. The molecule has 1 N–H and O–H groups in total. The first-order valence-corrected chi connectivity index (χ1v) is 7.79.